The molecular formula is C17H23ClN2O3. The van der Waals surface area contributed by atoms with E-state index in [-0.39, 0.29) is 17.9 Å². The van der Waals surface area contributed by atoms with Crippen LogP contribution in [0.15, 0.2) is 24.3 Å². The summed E-state index contributed by atoms with van der Waals surface area (Å²) >= 11 is 5.62. The van der Waals surface area contributed by atoms with E-state index in [1.54, 1.807) is 19.2 Å². The molecule has 1 aliphatic heterocycles. The molecular weight excluding hydrogens is 316 g/mol. The lowest BCUT2D eigenvalue weighted by Crippen LogP contribution is -2.46. The lowest BCUT2D eigenvalue weighted by Gasteiger charge is -2.32. The van der Waals surface area contributed by atoms with Gasteiger partial charge in [-0.3, -0.25) is 9.59 Å². The van der Waals surface area contributed by atoms with E-state index in [0.717, 1.165) is 12.8 Å². The molecule has 1 saturated heterocycles. The number of alkyl halides is 1. The van der Waals surface area contributed by atoms with Crippen LogP contribution in [-0.2, 0) is 4.79 Å². The highest BCUT2D eigenvalue weighted by Crippen LogP contribution is 2.18. The van der Waals surface area contributed by atoms with Crippen LogP contribution in [0.4, 0.5) is 0 Å². The Morgan fingerprint density at radius 3 is 2.65 bits per heavy atom. The van der Waals surface area contributed by atoms with Crippen LogP contribution in [0.25, 0.3) is 0 Å². The van der Waals surface area contributed by atoms with Gasteiger partial charge in [0.25, 0.3) is 5.91 Å². The topological polar surface area (TPSA) is 58.6 Å². The van der Waals surface area contributed by atoms with Crippen molar-refractivity contribution in [2.75, 3.05) is 26.1 Å². The Hall–Kier alpha value is -1.75. The van der Waals surface area contributed by atoms with Crippen molar-refractivity contribution < 1.29 is 14.3 Å². The fourth-order valence-electron chi connectivity index (χ4n) is 2.74. The number of carbonyl (C=O) groups excluding carboxylic acids is 2. The number of ether oxygens (including phenoxy) is 1. The largest absolute Gasteiger partial charge is 0.496 e. The van der Waals surface area contributed by atoms with Gasteiger partial charge < -0.3 is 15.0 Å². The number of nitrogens with zero attached hydrogens (tertiary/aromatic N) is 1. The number of halogens is 1. The summed E-state index contributed by atoms with van der Waals surface area (Å²) in [4.78, 5) is 26.2. The molecule has 0 bridgehead atoms. The molecule has 0 spiro atoms. The van der Waals surface area contributed by atoms with E-state index >= 15 is 0 Å². The Labute approximate surface area is 141 Å². The Morgan fingerprint density at radius 2 is 2.00 bits per heavy atom. The number of methoxy groups -OCH3 is 1. The smallest absolute Gasteiger partial charge is 0.255 e. The normalized spacial score (nSPS) is 15.3. The number of para-hydroxylation sites is 1. The maximum absolute atomic E-state index is 12.4. The fraction of sp³-hybridized carbons (Fsp3) is 0.529. The van der Waals surface area contributed by atoms with Crippen LogP contribution in [0.2, 0.25) is 0 Å². The first-order valence-electron chi connectivity index (χ1n) is 7.93. The number of carbonyl (C=O) groups is 2. The molecule has 1 fully saturated rings. The number of hydrogen-bond acceptors (Lipinski definition) is 3. The first-order chi connectivity index (χ1) is 11.2. The predicted molar refractivity (Wildman–Crippen MR) is 90.0 cm³/mol. The quantitative estimate of drug-likeness (QED) is 0.810. The molecule has 0 saturated carbocycles. The van der Waals surface area contributed by atoms with Crippen molar-refractivity contribution in [2.24, 2.45) is 0 Å². The SMILES string of the molecule is COc1ccccc1C(=O)NC1CCN(C(=O)CCCCl)CC1. The molecule has 1 aromatic carbocycles. The summed E-state index contributed by atoms with van der Waals surface area (Å²) in [7, 11) is 1.55. The van der Waals surface area contributed by atoms with Crippen LogP contribution < -0.4 is 10.1 Å². The van der Waals surface area contributed by atoms with Crippen LogP contribution in [0.1, 0.15) is 36.0 Å². The van der Waals surface area contributed by atoms with Crippen molar-refractivity contribution in [3.8, 4) is 5.75 Å². The van der Waals surface area contributed by atoms with Gasteiger partial charge in [0.05, 0.1) is 12.7 Å². The summed E-state index contributed by atoms with van der Waals surface area (Å²) in [5.41, 5.74) is 0.538. The molecule has 0 aromatic heterocycles. The molecule has 1 heterocycles. The van der Waals surface area contributed by atoms with E-state index < -0.39 is 0 Å². The van der Waals surface area contributed by atoms with Gasteiger partial charge in [0.15, 0.2) is 0 Å². The van der Waals surface area contributed by atoms with Crippen LogP contribution in [-0.4, -0.2) is 48.8 Å². The second kappa shape index (κ2) is 8.77. The molecule has 1 N–H and O–H groups in total. The average Bonchev–Trinajstić information content (AvgIpc) is 2.60. The van der Waals surface area contributed by atoms with Crippen LogP contribution in [0.3, 0.4) is 0 Å². The van der Waals surface area contributed by atoms with Gasteiger partial charge in [-0.15, -0.1) is 11.6 Å². The van der Waals surface area contributed by atoms with Gasteiger partial charge in [-0.25, -0.2) is 0 Å². The van der Waals surface area contributed by atoms with Gasteiger partial charge in [0, 0.05) is 31.4 Å². The van der Waals surface area contributed by atoms with Crippen molar-refractivity contribution >= 4 is 23.4 Å². The number of amides is 2. The minimum atomic E-state index is -0.130. The van der Waals surface area contributed by atoms with Gasteiger partial charge in [-0.1, -0.05) is 12.1 Å². The summed E-state index contributed by atoms with van der Waals surface area (Å²) in [5, 5.41) is 3.03. The van der Waals surface area contributed by atoms with Gasteiger partial charge >= 0.3 is 0 Å². The maximum Gasteiger partial charge on any atom is 0.255 e. The predicted octanol–water partition coefficient (Wildman–Crippen LogP) is 2.44. The highest BCUT2D eigenvalue weighted by Gasteiger charge is 2.24. The molecule has 0 radical (unpaired) electrons. The molecule has 1 aromatic rings. The zero-order chi connectivity index (χ0) is 16.7. The number of piperidine rings is 1. The van der Waals surface area contributed by atoms with E-state index in [4.69, 9.17) is 16.3 Å². The Kier molecular flexibility index (Phi) is 6.71. The van der Waals surface area contributed by atoms with Crippen molar-refractivity contribution in [3.05, 3.63) is 29.8 Å². The summed E-state index contributed by atoms with van der Waals surface area (Å²) in [6.45, 7) is 1.36. The summed E-state index contributed by atoms with van der Waals surface area (Å²) < 4.78 is 5.22. The van der Waals surface area contributed by atoms with Gasteiger partial charge in [0.2, 0.25) is 5.91 Å². The van der Waals surface area contributed by atoms with E-state index in [9.17, 15) is 9.59 Å². The number of benzene rings is 1. The summed E-state index contributed by atoms with van der Waals surface area (Å²) in [6.07, 6.45) is 2.76. The molecule has 5 nitrogen and oxygen atoms in total. The molecule has 2 amide bonds. The molecule has 2 rings (SSSR count). The molecule has 0 aliphatic carbocycles. The molecule has 1 aliphatic rings. The fourth-order valence-corrected chi connectivity index (χ4v) is 2.88. The maximum atomic E-state index is 12.4. The molecule has 0 unspecified atom stereocenters. The number of rotatable bonds is 6. The third kappa shape index (κ3) is 4.86. The number of nitrogens with one attached hydrogen (secondary N) is 1. The molecule has 6 heteroatoms. The highest BCUT2D eigenvalue weighted by molar-refractivity contribution is 6.17. The Morgan fingerprint density at radius 1 is 1.30 bits per heavy atom. The van der Waals surface area contributed by atoms with Gasteiger partial charge in [-0.2, -0.15) is 0 Å². The van der Waals surface area contributed by atoms with E-state index in [1.807, 2.05) is 17.0 Å². The lowest BCUT2D eigenvalue weighted by atomic mass is 10.0. The Balaban J connectivity index is 1.84. The third-order valence-corrected chi connectivity index (χ3v) is 4.33. The summed E-state index contributed by atoms with van der Waals surface area (Å²) in [5.74, 6) is 1.10. The van der Waals surface area contributed by atoms with E-state index in [0.29, 0.717) is 43.1 Å². The van der Waals surface area contributed by atoms with E-state index in [2.05, 4.69) is 5.32 Å². The number of likely N-dealkylation sites (tertiary alicyclic amines) is 1. The highest BCUT2D eigenvalue weighted by atomic mass is 35.5. The van der Waals surface area contributed by atoms with Crippen molar-refractivity contribution in [1.29, 1.82) is 0 Å². The van der Waals surface area contributed by atoms with Crippen LogP contribution in [0.5, 0.6) is 5.75 Å². The minimum Gasteiger partial charge on any atom is -0.496 e. The monoisotopic (exact) mass is 338 g/mol. The van der Waals surface area contributed by atoms with Crippen LogP contribution in [0, 0.1) is 0 Å². The lowest BCUT2D eigenvalue weighted by molar-refractivity contribution is -0.132. The van der Waals surface area contributed by atoms with Gasteiger partial charge in [-0.05, 0) is 31.4 Å². The van der Waals surface area contributed by atoms with Crippen LogP contribution >= 0.6 is 11.6 Å². The van der Waals surface area contributed by atoms with Crippen molar-refractivity contribution in [3.63, 3.8) is 0 Å². The standard InChI is InChI=1S/C17H23ClN2O3/c1-23-15-6-3-2-5-14(15)17(22)19-13-8-11-20(12-9-13)16(21)7-4-10-18/h2-3,5-6,13H,4,7-12H2,1H3,(H,19,22). The second-order valence-corrected chi connectivity index (χ2v) is 6.00. The van der Waals surface area contributed by atoms with Gasteiger partial charge in [0.1, 0.15) is 5.75 Å². The third-order valence-electron chi connectivity index (χ3n) is 4.06. The Bertz CT molecular complexity index is 542. The molecule has 0 atom stereocenters. The molecule has 23 heavy (non-hydrogen) atoms. The van der Waals surface area contributed by atoms with Crippen molar-refractivity contribution in [1.82, 2.24) is 10.2 Å². The first kappa shape index (κ1) is 17.6. The number of hydrogen-bond donors (Lipinski definition) is 1. The zero-order valence-electron chi connectivity index (χ0n) is 13.4. The van der Waals surface area contributed by atoms with Crippen molar-refractivity contribution in [2.45, 2.75) is 31.7 Å². The molecule has 126 valence electrons. The second-order valence-electron chi connectivity index (χ2n) is 5.62. The minimum absolute atomic E-state index is 0.0875. The average molecular weight is 339 g/mol. The summed E-state index contributed by atoms with van der Waals surface area (Å²) in [6, 6.07) is 7.26. The van der Waals surface area contributed by atoms with E-state index in [1.165, 1.54) is 0 Å². The first-order valence-corrected chi connectivity index (χ1v) is 8.46. The zero-order valence-corrected chi connectivity index (χ0v) is 14.1.